The molecule has 2 aromatic carbocycles. The van der Waals surface area contributed by atoms with Crippen molar-refractivity contribution in [1.82, 2.24) is 9.55 Å². The summed E-state index contributed by atoms with van der Waals surface area (Å²) in [4.78, 5) is 16.1. The van der Waals surface area contributed by atoms with Crippen LogP contribution in [0, 0.1) is 6.92 Å². The van der Waals surface area contributed by atoms with E-state index in [1.54, 1.807) is 6.20 Å². The van der Waals surface area contributed by atoms with Gasteiger partial charge in [-0.1, -0.05) is 54.1 Å². The molecule has 0 radical (unpaired) electrons. The number of nitrogens with zero attached hydrogens (tertiary/aromatic N) is 2. The molecule has 0 bridgehead atoms. The van der Waals surface area contributed by atoms with Crippen molar-refractivity contribution in [3.05, 3.63) is 77.6 Å². The normalized spacial score (nSPS) is 11.0. The first-order valence-electron chi connectivity index (χ1n) is 8.57. The molecule has 0 saturated heterocycles. The molecule has 0 spiro atoms. The molecular formula is C22H17ClN2O2. The predicted molar refractivity (Wildman–Crippen MR) is 108 cm³/mol. The molecule has 134 valence electrons. The lowest BCUT2D eigenvalue weighted by Crippen LogP contribution is -2.09. The number of pyridine rings is 1. The number of aliphatic carboxylic acids is 1. The molecular weight excluding hydrogens is 360 g/mol. The van der Waals surface area contributed by atoms with Gasteiger partial charge in [-0.15, -0.1) is 0 Å². The fourth-order valence-corrected chi connectivity index (χ4v) is 3.67. The van der Waals surface area contributed by atoms with Crippen LogP contribution >= 0.6 is 11.6 Å². The number of aromatic nitrogens is 2. The second-order valence-corrected chi connectivity index (χ2v) is 6.80. The minimum Gasteiger partial charge on any atom is -0.480 e. The molecule has 27 heavy (non-hydrogen) atoms. The predicted octanol–water partition coefficient (Wildman–Crippen LogP) is 5.42. The minimum atomic E-state index is -0.879. The quantitative estimate of drug-likeness (QED) is 0.517. The van der Waals surface area contributed by atoms with Gasteiger partial charge < -0.3 is 9.67 Å². The Bertz CT molecular complexity index is 1130. The summed E-state index contributed by atoms with van der Waals surface area (Å²) >= 11 is 6.06. The topological polar surface area (TPSA) is 55.1 Å². The van der Waals surface area contributed by atoms with E-state index >= 15 is 0 Å². The van der Waals surface area contributed by atoms with Gasteiger partial charge in [-0.05, 0) is 30.7 Å². The molecule has 5 heteroatoms. The zero-order chi connectivity index (χ0) is 19.0. The van der Waals surface area contributed by atoms with Gasteiger partial charge in [-0.2, -0.15) is 0 Å². The maximum Gasteiger partial charge on any atom is 0.323 e. The lowest BCUT2D eigenvalue weighted by Gasteiger charge is -2.07. The first-order valence-corrected chi connectivity index (χ1v) is 8.95. The van der Waals surface area contributed by atoms with E-state index < -0.39 is 5.97 Å². The van der Waals surface area contributed by atoms with Crippen molar-refractivity contribution in [2.24, 2.45) is 0 Å². The molecule has 0 saturated carbocycles. The van der Waals surface area contributed by atoms with Crippen LogP contribution in [0.2, 0.25) is 5.02 Å². The number of benzene rings is 2. The maximum absolute atomic E-state index is 11.5. The highest BCUT2D eigenvalue weighted by Gasteiger charge is 2.21. The van der Waals surface area contributed by atoms with Crippen molar-refractivity contribution in [1.29, 1.82) is 0 Å². The average Bonchev–Trinajstić information content (AvgIpc) is 2.95. The maximum atomic E-state index is 11.5. The van der Waals surface area contributed by atoms with Crippen molar-refractivity contribution in [2.45, 2.75) is 13.5 Å². The Morgan fingerprint density at radius 3 is 2.41 bits per heavy atom. The molecule has 2 aromatic heterocycles. The largest absolute Gasteiger partial charge is 0.480 e. The standard InChI is InChI=1S/C22H17ClN2O2/c1-14-20(15-7-9-17(23)10-8-15)21-18(25(14)13-19(26)27)11-12-24-22(21)16-5-3-2-4-6-16/h2-12H,13H2,1H3,(H,26,27). The molecule has 4 rings (SSSR count). The molecule has 0 unspecified atom stereocenters. The highest BCUT2D eigenvalue weighted by Crippen LogP contribution is 2.39. The fourth-order valence-electron chi connectivity index (χ4n) is 3.54. The van der Waals surface area contributed by atoms with Crippen molar-refractivity contribution in [2.75, 3.05) is 0 Å². The molecule has 0 aliphatic carbocycles. The van der Waals surface area contributed by atoms with Crippen LogP contribution in [0.1, 0.15) is 5.69 Å². The molecule has 4 nitrogen and oxygen atoms in total. The van der Waals surface area contributed by atoms with Crippen molar-refractivity contribution >= 4 is 28.5 Å². The van der Waals surface area contributed by atoms with Gasteiger partial charge in [-0.25, -0.2) is 0 Å². The van der Waals surface area contributed by atoms with E-state index in [1.165, 1.54) is 0 Å². The summed E-state index contributed by atoms with van der Waals surface area (Å²) in [5, 5.41) is 11.0. The van der Waals surface area contributed by atoms with Gasteiger partial charge >= 0.3 is 5.97 Å². The van der Waals surface area contributed by atoms with Gasteiger partial charge in [0.15, 0.2) is 0 Å². The summed E-state index contributed by atoms with van der Waals surface area (Å²) in [5.41, 5.74) is 5.54. The number of rotatable bonds is 4. The minimum absolute atomic E-state index is 0.103. The molecule has 0 aliphatic rings. The van der Waals surface area contributed by atoms with E-state index in [4.69, 9.17) is 11.6 Å². The molecule has 4 aromatic rings. The van der Waals surface area contributed by atoms with Crippen LogP contribution < -0.4 is 0 Å². The van der Waals surface area contributed by atoms with Crippen molar-refractivity contribution in [3.63, 3.8) is 0 Å². The van der Waals surface area contributed by atoms with E-state index in [9.17, 15) is 9.90 Å². The van der Waals surface area contributed by atoms with Crippen LogP contribution in [0.4, 0.5) is 0 Å². The van der Waals surface area contributed by atoms with Crippen LogP contribution in [-0.2, 0) is 11.3 Å². The zero-order valence-corrected chi connectivity index (χ0v) is 15.4. The lowest BCUT2D eigenvalue weighted by molar-refractivity contribution is -0.137. The SMILES string of the molecule is Cc1c(-c2ccc(Cl)cc2)c2c(-c3ccccc3)nccc2n1CC(=O)O. The molecule has 0 atom stereocenters. The Kier molecular flexibility index (Phi) is 4.42. The third kappa shape index (κ3) is 3.09. The van der Waals surface area contributed by atoms with Gasteiger partial charge in [0.2, 0.25) is 0 Å². The van der Waals surface area contributed by atoms with Gasteiger partial charge in [0.25, 0.3) is 0 Å². The fraction of sp³-hybridized carbons (Fsp3) is 0.0909. The van der Waals surface area contributed by atoms with E-state index in [0.29, 0.717) is 5.02 Å². The Hall–Kier alpha value is -3.11. The molecule has 0 aliphatic heterocycles. The first kappa shape index (κ1) is 17.3. The van der Waals surface area contributed by atoms with Crippen LogP contribution in [0.15, 0.2) is 66.9 Å². The second kappa shape index (κ2) is 6.89. The number of carboxylic acids is 1. The number of hydrogen-bond donors (Lipinski definition) is 1. The molecule has 1 N–H and O–H groups in total. The van der Waals surface area contributed by atoms with E-state index in [1.807, 2.05) is 72.2 Å². The van der Waals surface area contributed by atoms with Gasteiger partial charge in [0.05, 0.1) is 11.2 Å². The zero-order valence-electron chi connectivity index (χ0n) is 14.7. The summed E-state index contributed by atoms with van der Waals surface area (Å²) < 4.78 is 1.83. The highest BCUT2D eigenvalue weighted by atomic mass is 35.5. The van der Waals surface area contributed by atoms with Crippen molar-refractivity contribution in [3.8, 4) is 22.4 Å². The number of halogens is 1. The molecule has 0 fully saturated rings. The smallest absolute Gasteiger partial charge is 0.323 e. The third-order valence-corrected chi connectivity index (χ3v) is 4.96. The first-order chi connectivity index (χ1) is 13.1. The number of carboxylic acid groups (broad SMARTS) is 1. The summed E-state index contributed by atoms with van der Waals surface area (Å²) in [6.45, 7) is 1.84. The second-order valence-electron chi connectivity index (χ2n) is 6.37. The summed E-state index contributed by atoms with van der Waals surface area (Å²) in [6.07, 6.45) is 1.73. The lowest BCUT2D eigenvalue weighted by atomic mass is 9.98. The molecule has 0 amide bonds. The van der Waals surface area contributed by atoms with Crippen LogP contribution in [0.25, 0.3) is 33.3 Å². The van der Waals surface area contributed by atoms with Crippen LogP contribution in [0.5, 0.6) is 0 Å². The highest BCUT2D eigenvalue weighted by molar-refractivity contribution is 6.30. The van der Waals surface area contributed by atoms with Gasteiger partial charge in [0.1, 0.15) is 6.54 Å². The van der Waals surface area contributed by atoms with E-state index in [2.05, 4.69) is 4.98 Å². The number of fused-ring (bicyclic) bond motifs is 1. The third-order valence-electron chi connectivity index (χ3n) is 4.71. The van der Waals surface area contributed by atoms with E-state index in [-0.39, 0.29) is 6.54 Å². The van der Waals surface area contributed by atoms with Crippen molar-refractivity contribution < 1.29 is 9.90 Å². The Morgan fingerprint density at radius 2 is 1.74 bits per heavy atom. The summed E-state index contributed by atoms with van der Waals surface area (Å²) in [5.74, 6) is -0.879. The summed E-state index contributed by atoms with van der Waals surface area (Å²) in [7, 11) is 0. The Balaban J connectivity index is 2.10. The number of hydrogen-bond acceptors (Lipinski definition) is 2. The van der Waals surface area contributed by atoms with Crippen LogP contribution in [-0.4, -0.2) is 20.6 Å². The molecule has 2 heterocycles. The van der Waals surface area contributed by atoms with Gasteiger partial charge in [-0.3, -0.25) is 9.78 Å². The van der Waals surface area contributed by atoms with E-state index in [0.717, 1.165) is 39.0 Å². The Labute approximate surface area is 161 Å². The van der Waals surface area contributed by atoms with Gasteiger partial charge in [0, 0.05) is 33.4 Å². The Morgan fingerprint density at radius 1 is 1.04 bits per heavy atom. The summed E-state index contributed by atoms with van der Waals surface area (Å²) in [6, 6.07) is 19.4. The number of carbonyl (C=O) groups is 1. The average molecular weight is 377 g/mol. The van der Waals surface area contributed by atoms with Crippen LogP contribution in [0.3, 0.4) is 0 Å². The monoisotopic (exact) mass is 376 g/mol.